The Labute approximate surface area is 168 Å². The molecule has 0 unspecified atom stereocenters. The van der Waals surface area contributed by atoms with E-state index in [4.69, 9.17) is 14.2 Å². The largest absolute Gasteiger partial charge is 0.497 e. The summed E-state index contributed by atoms with van der Waals surface area (Å²) in [7, 11) is 3.36. The van der Waals surface area contributed by atoms with Crippen LogP contribution in [0.25, 0.3) is 0 Å². The third-order valence-electron chi connectivity index (χ3n) is 3.33. The predicted molar refractivity (Wildman–Crippen MR) is 113 cm³/mol. The van der Waals surface area contributed by atoms with Crippen LogP contribution in [-0.4, -0.2) is 59.6 Å². The van der Waals surface area contributed by atoms with Gasteiger partial charge in [0, 0.05) is 33.4 Å². The van der Waals surface area contributed by atoms with Gasteiger partial charge < -0.3 is 24.8 Å². The second-order valence-corrected chi connectivity index (χ2v) is 5.25. The maximum absolute atomic E-state index is 5.43. The Balaban J connectivity index is 0.00000576. The first-order valence-electron chi connectivity index (χ1n) is 8.52. The zero-order valence-electron chi connectivity index (χ0n) is 15.5. The average Bonchev–Trinajstić information content (AvgIpc) is 2.61. The minimum absolute atomic E-state index is 0. The summed E-state index contributed by atoms with van der Waals surface area (Å²) < 4.78 is 15.6. The third-order valence-corrected chi connectivity index (χ3v) is 3.33. The molecule has 0 aliphatic carbocycles. The molecular formula is C18H32IN3O3. The van der Waals surface area contributed by atoms with Gasteiger partial charge in [0.15, 0.2) is 5.96 Å². The van der Waals surface area contributed by atoms with Crippen molar-refractivity contribution in [1.82, 2.24) is 10.6 Å². The van der Waals surface area contributed by atoms with Crippen molar-refractivity contribution in [3.63, 3.8) is 0 Å². The molecule has 0 aliphatic heterocycles. The van der Waals surface area contributed by atoms with E-state index >= 15 is 0 Å². The summed E-state index contributed by atoms with van der Waals surface area (Å²) in [5.74, 6) is 1.74. The number of hydrogen-bond acceptors (Lipinski definition) is 4. The van der Waals surface area contributed by atoms with Crippen LogP contribution < -0.4 is 15.4 Å². The minimum Gasteiger partial charge on any atom is -0.497 e. The Morgan fingerprint density at radius 3 is 2.68 bits per heavy atom. The molecule has 1 aromatic rings. The first kappa shape index (κ1) is 23.9. The van der Waals surface area contributed by atoms with E-state index in [1.54, 1.807) is 14.2 Å². The number of ether oxygens (including phenoxy) is 3. The van der Waals surface area contributed by atoms with Crippen molar-refractivity contribution >= 4 is 29.9 Å². The zero-order chi connectivity index (χ0) is 17.5. The highest BCUT2D eigenvalue weighted by Gasteiger charge is 1.99. The van der Waals surface area contributed by atoms with Crippen molar-refractivity contribution in [2.75, 3.05) is 53.7 Å². The third kappa shape index (κ3) is 12.0. The average molecular weight is 465 g/mol. The molecule has 0 spiro atoms. The number of nitrogens with one attached hydrogen (secondary N) is 2. The maximum atomic E-state index is 5.43. The number of halogens is 1. The Morgan fingerprint density at radius 2 is 1.96 bits per heavy atom. The van der Waals surface area contributed by atoms with E-state index in [9.17, 15) is 0 Å². The first-order valence-corrected chi connectivity index (χ1v) is 8.52. The molecule has 0 aliphatic rings. The molecule has 1 aromatic carbocycles. The van der Waals surface area contributed by atoms with Crippen LogP contribution in [0.15, 0.2) is 29.3 Å². The van der Waals surface area contributed by atoms with Crippen molar-refractivity contribution in [3.05, 3.63) is 29.8 Å². The molecule has 0 amide bonds. The molecule has 144 valence electrons. The van der Waals surface area contributed by atoms with Crippen LogP contribution in [0.2, 0.25) is 0 Å². The summed E-state index contributed by atoms with van der Waals surface area (Å²) in [6, 6.07) is 8.13. The lowest BCUT2D eigenvalue weighted by atomic mass is 10.1. The molecule has 0 aromatic heterocycles. The Hall–Kier alpha value is -1.06. The van der Waals surface area contributed by atoms with Gasteiger partial charge in [0.1, 0.15) is 5.75 Å². The summed E-state index contributed by atoms with van der Waals surface area (Å²) >= 11 is 0. The monoisotopic (exact) mass is 465 g/mol. The number of rotatable bonds is 12. The van der Waals surface area contributed by atoms with Crippen LogP contribution in [0, 0.1) is 0 Å². The van der Waals surface area contributed by atoms with Gasteiger partial charge in [0.2, 0.25) is 0 Å². The standard InChI is InChI=1S/C18H31N3O3.HI/c1-4-19-18(20-10-6-12-24-14-13-22-2)21-11-9-16-7-5-8-17(15-16)23-3;/h5,7-8,15H,4,6,9-14H2,1-3H3,(H2,19,20,21);1H. The topological polar surface area (TPSA) is 64.1 Å². The van der Waals surface area contributed by atoms with Gasteiger partial charge in [-0.05, 0) is 37.5 Å². The highest BCUT2D eigenvalue weighted by Crippen LogP contribution is 2.12. The number of guanidine groups is 1. The Morgan fingerprint density at radius 1 is 1.12 bits per heavy atom. The van der Waals surface area contributed by atoms with Crippen molar-refractivity contribution < 1.29 is 14.2 Å². The van der Waals surface area contributed by atoms with E-state index in [1.807, 2.05) is 12.1 Å². The number of nitrogens with zero attached hydrogens (tertiary/aromatic N) is 1. The quantitative estimate of drug-likeness (QED) is 0.215. The molecule has 2 N–H and O–H groups in total. The Kier molecular flexibility index (Phi) is 15.7. The van der Waals surface area contributed by atoms with Crippen LogP contribution in [-0.2, 0) is 15.9 Å². The molecule has 25 heavy (non-hydrogen) atoms. The van der Waals surface area contributed by atoms with Crippen LogP contribution in [0.4, 0.5) is 0 Å². The lowest BCUT2D eigenvalue weighted by Crippen LogP contribution is -2.38. The van der Waals surface area contributed by atoms with Gasteiger partial charge >= 0.3 is 0 Å². The molecular weight excluding hydrogens is 433 g/mol. The van der Waals surface area contributed by atoms with Gasteiger partial charge in [-0.2, -0.15) is 0 Å². The van der Waals surface area contributed by atoms with E-state index in [2.05, 4.69) is 34.7 Å². The minimum atomic E-state index is 0. The SMILES string of the molecule is CCNC(=NCCCOCCOC)NCCc1cccc(OC)c1.I. The molecule has 0 heterocycles. The molecule has 0 saturated heterocycles. The Bertz CT molecular complexity index is 473. The van der Waals surface area contributed by atoms with Crippen molar-refractivity contribution in [2.45, 2.75) is 19.8 Å². The molecule has 0 atom stereocenters. The van der Waals surface area contributed by atoms with Gasteiger partial charge in [0.05, 0.1) is 20.3 Å². The number of benzene rings is 1. The molecule has 1 rings (SSSR count). The first-order chi connectivity index (χ1) is 11.8. The highest BCUT2D eigenvalue weighted by molar-refractivity contribution is 14.0. The van der Waals surface area contributed by atoms with Gasteiger partial charge in [-0.25, -0.2) is 0 Å². The van der Waals surface area contributed by atoms with E-state index < -0.39 is 0 Å². The summed E-state index contributed by atoms with van der Waals surface area (Å²) in [4.78, 5) is 4.55. The van der Waals surface area contributed by atoms with E-state index in [0.717, 1.165) is 44.2 Å². The fourth-order valence-electron chi connectivity index (χ4n) is 2.10. The van der Waals surface area contributed by atoms with Crippen LogP contribution in [0.1, 0.15) is 18.9 Å². The van der Waals surface area contributed by atoms with E-state index in [1.165, 1.54) is 5.56 Å². The van der Waals surface area contributed by atoms with Crippen LogP contribution in [0.3, 0.4) is 0 Å². The fraction of sp³-hybridized carbons (Fsp3) is 0.611. The highest BCUT2D eigenvalue weighted by atomic mass is 127. The smallest absolute Gasteiger partial charge is 0.191 e. The summed E-state index contributed by atoms with van der Waals surface area (Å²) in [6.45, 7) is 6.44. The van der Waals surface area contributed by atoms with E-state index in [0.29, 0.717) is 19.8 Å². The van der Waals surface area contributed by atoms with Gasteiger partial charge in [-0.3, -0.25) is 4.99 Å². The second kappa shape index (κ2) is 16.4. The molecule has 0 bridgehead atoms. The maximum Gasteiger partial charge on any atom is 0.191 e. The lowest BCUT2D eigenvalue weighted by molar-refractivity contribution is 0.0702. The number of aliphatic imine (C=N–C) groups is 1. The van der Waals surface area contributed by atoms with Gasteiger partial charge in [0.25, 0.3) is 0 Å². The van der Waals surface area contributed by atoms with Crippen molar-refractivity contribution in [3.8, 4) is 5.75 Å². The van der Waals surface area contributed by atoms with Crippen LogP contribution >= 0.6 is 24.0 Å². The summed E-state index contributed by atoms with van der Waals surface area (Å²) in [6.07, 6.45) is 1.82. The molecule has 0 fully saturated rings. The molecule has 7 heteroatoms. The predicted octanol–water partition coefficient (Wildman–Crippen LogP) is 2.46. The van der Waals surface area contributed by atoms with E-state index in [-0.39, 0.29) is 24.0 Å². The lowest BCUT2D eigenvalue weighted by Gasteiger charge is -2.11. The number of methoxy groups -OCH3 is 2. The van der Waals surface area contributed by atoms with Gasteiger partial charge in [-0.1, -0.05) is 12.1 Å². The molecule has 0 radical (unpaired) electrons. The number of hydrogen-bond donors (Lipinski definition) is 2. The van der Waals surface area contributed by atoms with Crippen LogP contribution in [0.5, 0.6) is 5.75 Å². The summed E-state index contributed by atoms with van der Waals surface area (Å²) in [5, 5.41) is 6.61. The molecule has 6 nitrogen and oxygen atoms in total. The van der Waals surface area contributed by atoms with Crippen molar-refractivity contribution in [1.29, 1.82) is 0 Å². The summed E-state index contributed by atoms with van der Waals surface area (Å²) in [5.41, 5.74) is 1.24. The van der Waals surface area contributed by atoms with Gasteiger partial charge in [-0.15, -0.1) is 24.0 Å². The van der Waals surface area contributed by atoms with Crippen molar-refractivity contribution in [2.24, 2.45) is 4.99 Å². The fourth-order valence-corrected chi connectivity index (χ4v) is 2.10. The normalized spacial score (nSPS) is 10.9. The molecule has 0 saturated carbocycles. The zero-order valence-corrected chi connectivity index (χ0v) is 17.9. The second-order valence-electron chi connectivity index (χ2n) is 5.25.